The van der Waals surface area contributed by atoms with Gasteiger partial charge in [0.1, 0.15) is 0 Å². The molecule has 0 spiro atoms. The van der Waals surface area contributed by atoms with Crippen molar-refractivity contribution in [3.05, 3.63) is 43.3 Å². The van der Waals surface area contributed by atoms with Crippen LogP contribution in [0.15, 0.2) is 34.6 Å². The van der Waals surface area contributed by atoms with E-state index in [-0.39, 0.29) is 0 Å². The summed E-state index contributed by atoms with van der Waals surface area (Å²) in [4.78, 5) is 19.8. The molecule has 3 rings (SSSR count). The number of nitrogens with zero attached hydrogens (tertiary/aromatic N) is 2. The fourth-order valence-corrected chi connectivity index (χ4v) is 4.52. The van der Waals surface area contributed by atoms with Gasteiger partial charge in [-0.25, -0.2) is 0 Å². The van der Waals surface area contributed by atoms with Gasteiger partial charge in [0.15, 0.2) is 19.9 Å². The topological polar surface area (TPSA) is 113 Å². The fourth-order valence-electron chi connectivity index (χ4n) is 1.97. The molecular weight excluding hydrogens is 473 g/mol. The zero-order valence-corrected chi connectivity index (χ0v) is 19.0. The van der Waals surface area contributed by atoms with Gasteiger partial charge < -0.3 is 30.6 Å². The zero-order valence-electron chi connectivity index (χ0n) is 14.1. The molecule has 28 heavy (non-hydrogen) atoms. The number of nitrogens with one attached hydrogen (secondary N) is 6. The molecule has 0 amide bonds. The molecule has 0 saturated carbocycles. The Morgan fingerprint density at radius 3 is 1.43 bits per heavy atom. The lowest BCUT2D eigenvalue weighted by Crippen LogP contribution is -2.01. The highest BCUT2D eigenvalue weighted by atomic mass is 32.2. The van der Waals surface area contributed by atoms with E-state index in [4.69, 9.17) is 48.9 Å². The lowest BCUT2D eigenvalue weighted by molar-refractivity contribution is 0.872. The van der Waals surface area contributed by atoms with Crippen LogP contribution < -0.4 is 10.6 Å². The number of rotatable bonds is 8. The highest BCUT2D eigenvalue weighted by Gasteiger charge is 2.00. The van der Waals surface area contributed by atoms with Gasteiger partial charge in [-0.2, -0.15) is 9.97 Å². The second-order valence-electron chi connectivity index (χ2n) is 5.11. The van der Waals surface area contributed by atoms with Crippen molar-refractivity contribution >= 4 is 83.8 Å². The first-order valence-corrected chi connectivity index (χ1v) is 11.3. The van der Waals surface area contributed by atoms with Crippen LogP contribution in [-0.4, -0.2) is 41.7 Å². The Morgan fingerprint density at radius 2 is 1.07 bits per heavy atom. The molecule has 8 nitrogen and oxygen atoms in total. The van der Waals surface area contributed by atoms with Gasteiger partial charge in [0.2, 0.25) is 9.54 Å². The average molecular weight is 487 g/mol. The molecule has 0 unspecified atom stereocenters. The molecule has 2 heterocycles. The van der Waals surface area contributed by atoms with Gasteiger partial charge in [-0.3, -0.25) is 0 Å². The molecule has 6 N–H and O–H groups in total. The molecule has 3 aromatic rings. The fraction of sp³-hybridized carbons (Fsp3) is 0.143. The molecule has 0 atom stereocenters. The predicted octanol–water partition coefficient (Wildman–Crippen LogP) is 5.03. The molecule has 0 aliphatic heterocycles. The van der Waals surface area contributed by atoms with Crippen molar-refractivity contribution in [3.8, 4) is 0 Å². The molecule has 146 valence electrons. The summed E-state index contributed by atoms with van der Waals surface area (Å²) >= 11 is 23.1. The standard InChI is InChI=1S/C14H14N8S6/c23-9-17-10(24)20-13(19-9)27-5-15-7-1-2-8(4-3-7)16-6-28-14-21-11(25)18-12(26)22-14/h1-4,15-16H,5-6H2,(H2,17,19,20,23,24)(H2,18,21,22,25,26). The third-order valence-corrected chi connectivity index (χ3v) is 5.45. The molecule has 1 aromatic carbocycles. The molecule has 0 aliphatic carbocycles. The van der Waals surface area contributed by atoms with Crippen molar-refractivity contribution in [2.45, 2.75) is 10.3 Å². The molecule has 0 aliphatic rings. The van der Waals surface area contributed by atoms with E-state index in [1.54, 1.807) is 0 Å². The number of hydrogen-bond donors (Lipinski definition) is 6. The van der Waals surface area contributed by atoms with E-state index in [1.165, 1.54) is 23.5 Å². The van der Waals surface area contributed by atoms with E-state index >= 15 is 0 Å². The first-order chi connectivity index (χ1) is 13.5. The Balaban J connectivity index is 1.46. The number of anilines is 2. The van der Waals surface area contributed by atoms with Gasteiger partial charge in [0, 0.05) is 11.4 Å². The van der Waals surface area contributed by atoms with Gasteiger partial charge in [0.25, 0.3) is 0 Å². The van der Waals surface area contributed by atoms with E-state index in [9.17, 15) is 0 Å². The van der Waals surface area contributed by atoms with Crippen LogP contribution in [0.3, 0.4) is 0 Å². The van der Waals surface area contributed by atoms with E-state index < -0.39 is 0 Å². The van der Waals surface area contributed by atoms with Crippen LogP contribution in [0.25, 0.3) is 0 Å². The van der Waals surface area contributed by atoms with Crippen molar-refractivity contribution < 1.29 is 0 Å². The number of aromatic nitrogens is 6. The maximum atomic E-state index is 5.05. The summed E-state index contributed by atoms with van der Waals surface area (Å²) in [5.74, 6) is 1.25. The first-order valence-electron chi connectivity index (χ1n) is 7.72. The van der Waals surface area contributed by atoms with E-state index in [2.05, 4.69) is 40.5 Å². The quantitative estimate of drug-likeness (QED) is 0.147. The molecule has 0 bridgehead atoms. The summed E-state index contributed by atoms with van der Waals surface area (Å²) in [6, 6.07) is 7.96. The maximum absolute atomic E-state index is 5.05. The SMILES string of the molecule is S=c1nc(SCNc2ccc(NCSc3nc(=S)[nH]c(=S)[nH]3)cc2)[nH]c(=S)[nH]1. The van der Waals surface area contributed by atoms with Crippen molar-refractivity contribution in [1.29, 1.82) is 0 Å². The molecule has 2 aromatic heterocycles. The smallest absolute Gasteiger partial charge is 0.201 e. The highest BCUT2D eigenvalue weighted by Crippen LogP contribution is 2.18. The summed E-state index contributed by atoms with van der Waals surface area (Å²) in [5.41, 5.74) is 1.98. The van der Waals surface area contributed by atoms with Crippen molar-refractivity contribution in [3.63, 3.8) is 0 Å². The summed E-state index contributed by atoms with van der Waals surface area (Å²) in [7, 11) is 0. The number of benzene rings is 1. The zero-order chi connectivity index (χ0) is 19.9. The van der Waals surface area contributed by atoms with E-state index in [1.807, 2.05) is 24.3 Å². The Morgan fingerprint density at radius 1 is 0.679 bits per heavy atom. The Bertz CT molecular complexity index is 1010. The van der Waals surface area contributed by atoms with Gasteiger partial charge in [-0.15, -0.1) is 0 Å². The van der Waals surface area contributed by atoms with Gasteiger partial charge >= 0.3 is 0 Å². The van der Waals surface area contributed by atoms with Crippen LogP contribution in [0, 0.1) is 19.1 Å². The molecule has 0 radical (unpaired) electrons. The second-order valence-corrected chi connectivity index (χ2v) is 8.63. The number of aromatic amines is 4. The van der Waals surface area contributed by atoms with E-state index in [0.717, 1.165) is 11.4 Å². The van der Waals surface area contributed by atoms with E-state index in [0.29, 0.717) is 41.2 Å². The average Bonchev–Trinajstić information content (AvgIpc) is 2.61. The summed E-state index contributed by atoms with van der Waals surface area (Å²) in [6.45, 7) is 0. The predicted molar refractivity (Wildman–Crippen MR) is 124 cm³/mol. The Hall–Kier alpha value is -1.58. The van der Waals surface area contributed by atoms with Crippen LogP contribution in [0.5, 0.6) is 0 Å². The minimum absolute atomic E-state index is 0.369. The minimum Gasteiger partial charge on any atom is -0.376 e. The summed E-state index contributed by atoms with van der Waals surface area (Å²) < 4.78 is 1.66. The van der Waals surface area contributed by atoms with Gasteiger partial charge in [0.05, 0.1) is 11.8 Å². The molecular formula is C14H14N8S6. The summed E-state index contributed by atoms with van der Waals surface area (Å²) in [5, 5.41) is 7.95. The van der Waals surface area contributed by atoms with Crippen LogP contribution in [0.1, 0.15) is 0 Å². The summed E-state index contributed by atoms with van der Waals surface area (Å²) in [6.07, 6.45) is 0. The molecule has 14 heteroatoms. The normalized spacial score (nSPS) is 10.6. The first kappa shape index (κ1) is 21.1. The Labute approximate surface area is 188 Å². The van der Waals surface area contributed by atoms with Gasteiger partial charge in [-0.05, 0) is 73.1 Å². The minimum atomic E-state index is 0.369. The highest BCUT2D eigenvalue weighted by molar-refractivity contribution is 7.99. The van der Waals surface area contributed by atoms with Gasteiger partial charge in [-0.1, -0.05) is 23.5 Å². The third-order valence-electron chi connectivity index (χ3n) is 3.14. The monoisotopic (exact) mass is 486 g/mol. The largest absolute Gasteiger partial charge is 0.376 e. The van der Waals surface area contributed by atoms with Crippen molar-refractivity contribution in [2.75, 3.05) is 22.4 Å². The third kappa shape index (κ3) is 6.79. The number of thioether (sulfide) groups is 2. The number of H-pyrrole nitrogens is 4. The van der Waals surface area contributed by atoms with Crippen LogP contribution in [-0.2, 0) is 0 Å². The Kier molecular flexibility index (Phi) is 7.75. The lowest BCUT2D eigenvalue weighted by Gasteiger charge is -2.09. The number of hydrogen-bond acceptors (Lipinski definition) is 10. The molecule has 0 fully saturated rings. The van der Waals surface area contributed by atoms with Crippen LogP contribution in [0.4, 0.5) is 11.4 Å². The van der Waals surface area contributed by atoms with Crippen LogP contribution in [0.2, 0.25) is 0 Å². The van der Waals surface area contributed by atoms with Crippen LogP contribution >= 0.6 is 72.4 Å². The van der Waals surface area contributed by atoms with Crippen molar-refractivity contribution in [2.24, 2.45) is 0 Å². The van der Waals surface area contributed by atoms with Crippen molar-refractivity contribution in [1.82, 2.24) is 29.9 Å². The second kappa shape index (κ2) is 10.3. The lowest BCUT2D eigenvalue weighted by atomic mass is 10.3. The maximum Gasteiger partial charge on any atom is 0.201 e. The molecule has 0 saturated heterocycles.